The van der Waals surface area contributed by atoms with Gasteiger partial charge in [0.25, 0.3) is 11.8 Å². The number of aromatic nitrogens is 4. The van der Waals surface area contributed by atoms with Crippen LogP contribution in [0.25, 0.3) is 10.9 Å². The van der Waals surface area contributed by atoms with Gasteiger partial charge in [-0.2, -0.15) is 10.2 Å². The first kappa shape index (κ1) is 15.7. The van der Waals surface area contributed by atoms with Gasteiger partial charge in [0.1, 0.15) is 6.54 Å². The fourth-order valence-electron chi connectivity index (χ4n) is 2.50. The number of aromatic amines is 1. The molecule has 3 N–H and O–H groups in total. The van der Waals surface area contributed by atoms with Gasteiger partial charge in [-0.25, -0.2) is 0 Å². The van der Waals surface area contributed by atoms with Crippen LogP contribution in [0.4, 0.5) is 0 Å². The topological polar surface area (TPSA) is 105 Å². The van der Waals surface area contributed by atoms with Crippen molar-refractivity contribution in [3.05, 3.63) is 46.9 Å². The predicted octanol–water partition coefficient (Wildman–Crippen LogP) is 1.15. The molecule has 3 rings (SSSR count). The number of aryl methyl sites for hydroxylation is 3. The molecule has 8 heteroatoms. The summed E-state index contributed by atoms with van der Waals surface area (Å²) in [4.78, 5) is 24.2. The minimum Gasteiger partial charge on any atom is -0.277 e. The van der Waals surface area contributed by atoms with Gasteiger partial charge >= 0.3 is 0 Å². The molecule has 0 radical (unpaired) electrons. The second-order valence-corrected chi connectivity index (χ2v) is 5.71. The van der Waals surface area contributed by atoms with Crippen LogP contribution in [0.3, 0.4) is 0 Å². The Hall–Kier alpha value is -3.16. The molecule has 0 aliphatic rings. The highest BCUT2D eigenvalue weighted by Crippen LogP contribution is 2.17. The van der Waals surface area contributed by atoms with Gasteiger partial charge in [0, 0.05) is 11.1 Å². The van der Waals surface area contributed by atoms with Crippen molar-refractivity contribution in [3.8, 4) is 0 Å². The first-order valence-electron chi connectivity index (χ1n) is 7.49. The maximum absolute atomic E-state index is 12.2. The molecule has 2 aromatic heterocycles. The van der Waals surface area contributed by atoms with Crippen LogP contribution in [0.15, 0.2) is 24.3 Å². The summed E-state index contributed by atoms with van der Waals surface area (Å²) in [7, 11) is 0. The van der Waals surface area contributed by atoms with Crippen molar-refractivity contribution in [1.29, 1.82) is 0 Å². The molecular formula is C16H18N6O2. The van der Waals surface area contributed by atoms with Gasteiger partial charge < -0.3 is 0 Å². The summed E-state index contributed by atoms with van der Waals surface area (Å²) in [6.07, 6.45) is 0. The number of rotatable bonds is 3. The maximum Gasteiger partial charge on any atom is 0.290 e. The van der Waals surface area contributed by atoms with Crippen LogP contribution in [-0.2, 0) is 11.3 Å². The maximum atomic E-state index is 12.2. The molecule has 8 nitrogen and oxygen atoms in total. The number of H-pyrrole nitrogens is 1. The lowest BCUT2D eigenvalue weighted by atomic mass is 10.1. The molecule has 0 fully saturated rings. The van der Waals surface area contributed by atoms with Crippen LogP contribution in [0.1, 0.15) is 27.4 Å². The highest BCUT2D eigenvalue weighted by molar-refractivity contribution is 6.05. The second-order valence-electron chi connectivity index (χ2n) is 5.71. The Kier molecular flexibility index (Phi) is 4.03. The van der Waals surface area contributed by atoms with E-state index in [9.17, 15) is 9.59 Å². The summed E-state index contributed by atoms with van der Waals surface area (Å²) in [5.41, 5.74) is 8.50. The van der Waals surface area contributed by atoms with E-state index >= 15 is 0 Å². The fourth-order valence-corrected chi connectivity index (χ4v) is 2.50. The van der Waals surface area contributed by atoms with Crippen molar-refractivity contribution in [2.75, 3.05) is 0 Å². The monoisotopic (exact) mass is 326 g/mol. The Labute approximate surface area is 138 Å². The Balaban J connectivity index is 1.65. The largest absolute Gasteiger partial charge is 0.290 e. The summed E-state index contributed by atoms with van der Waals surface area (Å²) in [6, 6.07) is 7.53. The van der Waals surface area contributed by atoms with Gasteiger partial charge in [0.15, 0.2) is 5.69 Å². The molecule has 0 aliphatic heterocycles. The molecule has 2 amide bonds. The molecule has 124 valence electrons. The Morgan fingerprint density at radius 2 is 1.96 bits per heavy atom. The molecule has 0 unspecified atom stereocenters. The number of fused-ring (bicyclic) bond motifs is 1. The smallest absolute Gasteiger partial charge is 0.277 e. The van der Waals surface area contributed by atoms with E-state index in [1.807, 2.05) is 45.0 Å². The number of nitrogens with one attached hydrogen (secondary N) is 3. The molecule has 0 bridgehead atoms. The number of carbonyl (C=O) groups is 2. The van der Waals surface area contributed by atoms with Crippen LogP contribution in [-0.4, -0.2) is 31.8 Å². The molecule has 24 heavy (non-hydrogen) atoms. The average Bonchev–Trinajstić information content (AvgIpc) is 3.07. The van der Waals surface area contributed by atoms with E-state index in [1.165, 1.54) is 0 Å². The first-order valence-corrected chi connectivity index (χ1v) is 7.49. The molecule has 3 aromatic rings. The minimum atomic E-state index is -0.478. The van der Waals surface area contributed by atoms with E-state index in [0.717, 1.165) is 22.5 Å². The lowest BCUT2D eigenvalue weighted by Crippen LogP contribution is -2.43. The zero-order valence-corrected chi connectivity index (χ0v) is 13.7. The minimum absolute atomic E-state index is 0.0281. The van der Waals surface area contributed by atoms with E-state index in [2.05, 4.69) is 26.1 Å². The summed E-state index contributed by atoms with van der Waals surface area (Å²) in [6.45, 7) is 5.68. The SMILES string of the molecule is Cc1ccc2[nH]nc(C(=O)NNC(=O)Cn3nc(C)cc3C)c2c1. The van der Waals surface area contributed by atoms with Crippen LogP contribution in [0, 0.1) is 20.8 Å². The third-order valence-electron chi connectivity index (χ3n) is 3.65. The third kappa shape index (κ3) is 3.12. The lowest BCUT2D eigenvalue weighted by molar-refractivity contribution is -0.122. The van der Waals surface area contributed by atoms with Gasteiger partial charge in [-0.1, -0.05) is 11.6 Å². The highest BCUT2D eigenvalue weighted by Gasteiger charge is 2.15. The van der Waals surface area contributed by atoms with E-state index in [-0.39, 0.29) is 18.1 Å². The fraction of sp³-hybridized carbons (Fsp3) is 0.250. The Bertz CT molecular complexity index is 924. The van der Waals surface area contributed by atoms with Crippen molar-refractivity contribution >= 4 is 22.7 Å². The van der Waals surface area contributed by atoms with E-state index in [4.69, 9.17) is 0 Å². The quantitative estimate of drug-likeness (QED) is 0.628. The summed E-state index contributed by atoms with van der Waals surface area (Å²) >= 11 is 0. The van der Waals surface area contributed by atoms with E-state index in [0.29, 0.717) is 5.39 Å². The van der Waals surface area contributed by atoms with Crippen LogP contribution in [0.5, 0.6) is 0 Å². The van der Waals surface area contributed by atoms with Gasteiger partial charge in [-0.05, 0) is 39.0 Å². The third-order valence-corrected chi connectivity index (χ3v) is 3.65. The first-order chi connectivity index (χ1) is 11.4. The standard InChI is InChI=1S/C16H18N6O2/c1-9-4-5-13-12(6-9)15(19-17-13)16(24)20-18-14(23)8-22-11(3)7-10(2)21-22/h4-7H,8H2,1-3H3,(H,17,19)(H,18,23)(H,20,24). The van der Waals surface area contributed by atoms with Crippen molar-refractivity contribution in [2.45, 2.75) is 27.3 Å². The molecular weight excluding hydrogens is 308 g/mol. The van der Waals surface area contributed by atoms with Crippen molar-refractivity contribution in [2.24, 2.45) is 0 Å². The predicted molar refractivity (Wildman–Crippen MR) is 88.1 cm³/mol. The number of hydrazine groups is 1. The zero-order chi connectivity index (χ0) is 17.3. The van der Waals surface area contributed by atoms with E-state index in [1.54, 1.807) is 4.68 Å². The number of amides is 2. The second kappa shape index (κ2) is 6.15. The Morgan fingerprint density at radius 1 is 1.17 bits per heavy atom. The van der Waals surface area contributed by atoms with Crippen LogP contribution in [0.2, 0.25) is 0 Å². The van der Waals surface area contributed by atoms with Crippen molar-refractivity contribution in [1.82, 2.24) is 30.8 Å². The molecule has 0 aliphatic carbocycles. The molecule has 0 atom stereocenters. The number of carbonyl (C=O) groups excluding carboxylic acids is 2. The number of benzene rings is 1. The Morgan fingerprint density at radius 3 is 2.67 bits per heavy atom. The normalized spacial score (nSPS) is 10.8. The average molecular weight is 326 g/mol. The van der Waals surface area contributed by atoms with Gasteiger partial charge in [0.05, 0.1) is 11.2 Å². The molecule has 1 aromatic carbocycles. The van der Waals surface area contributed by atoms with Gasteiger partial charge in [-0.3, -0.25) is 30.2 Å². The van der Waals surface area contributed by atoms with Crippen LogP contribution >= 0.6 is 0 Å². The summed E-state index contributed by atoms with van der Waals surface area (Å²) < 4.78 is 1.57. The van der Waals surface area contributed by atoms with Gasteiger partial charge in [-0.15, -0.1) is 0 Å². The van der Waals surface area contributed by atoms with Crippen LogP contribution < -0.4 is 10.9 Å². The number of nitrogens with zero attached hydrogens (tertiary/aromatic N) is 3. The number of hydrogen-bond donors (Lipinski definition) is 3. The van der Waals surface area contributed by atoms with Crippen molar-refractivity contribution < 1.29 is 9.59 Å². The summed E-state index contributed by atoms with van der Waals surface area (Å²) in [5.74, 6) is -0.848. The molecule has 0 saturated carbocycles. The molecule has 0 saturated heterocycles. The molecule has 2 heterocycles. The lowest BCUT2D eigenvalue weighted by Gasteiger charge is -2.07. The highest BCUT2D eigenvalue weighted by atomic mass is 16.2. The van der Waals surface area contributed by atoms with E-state index < -0.39 is 5.91 Å². The van der Waals surface area contributed by atoms with Crippen molar-refractivity contribution in [3.63, 3.8) is 0 Å². The van der Waals surface area contributed by atoms with Gasteiger partial charge in [0.2, 0.25) is 0 Å². The zero-order valence-electron chi connectivity index (χ0n) is 13.7. The summed E-state index contributed by atoms with van der Waals surface area (Å²) in [5, 5.41) is 11.7. The number of hydrogen-bond acceptors (Lipinski definition) is 4. The molecule has 0 spiro atoms.